The Morgan fingerprint density at radius 2 is 1.97 bits per heavy atom. The van der Waals surface area contributed by atoms with Gasteiger partial charge in [0.15, 0.2) is 0 Å². The van der Waals surface area contributed by atoms with Crippen molar-refractivity contribution in [1.82, 2.24) is 9.97 Å². The van der Waals surface area contributed by atoms with Crippen LogP contribution in [0.15, 0.2) is 59.2 Å². The lowest BCUT2D eigenvalue weighted by Crippen LogP contribution is -2.14. The van der Waals surface area contributed by atoms with Crippen molar-refractivity contribution in [3.8, 4) is 16.9 Å². The van der Waals surface area contributed by atoms with Gasteiger partial charge in [0.05, 0.1) is 16.8 Å². The van der Waals surface area contributed by atoms with Crippen LogP contribution in [0.5, 0.6) is 5.75 Å². The number of carbonyl (C=O) groups is 1. The fraction of sp³-hybridized carbons (Fsp3) is 0.174. The molecule has 0 atom stereocenters. The molecule has 2 N–H and O–H groups in total. The fourth-order valence-corrected chi connectivity index (χ4v) is 4.95. The van der Waals surface area contributed by atoms with E-state index in [1.165, 1.54) is 23.7 Å². The van der Waals surface area contributed by atoms with Gasteiger partial charge in [-0.15, -0.1) is 11.3 Å². The molecule has 7 heteroatoms. The first kappa shape index (κ1) is 20.4. The summed E-state index contributed by atoms with van der Waals surface area (Å²) in [5.74, 6) is 0.0413. The fourth-order valence-electron chi connectivity index (χ4n) is 3.16. The minimum absolute atomic E-state index is 0.0547. The molecule has 0 fully saturated rings. The Bertz CT molecular complexity index is 1200. The minimum atomic E-state index is -0.197. The molecule has 5 nitrogen and oxygen atoms in total. The molecule has 0 radical (unpaired) electrons. The summed E-state index contributed by atoms with van der Waals surface area (Å²) < 4.78 is 0. The van der Waals surface area contributed by atoms with E-state index in [1.807, 2.05) is 6.92 Å². The molecule has 0 spiro atoms. The zero-order chi connectivity index (χ0) is 21.1. The van der Waals surface area contributed by atoms with Crippen LogP contribution in [0.25, 0.3) is 21.3 Å². The Hall–Kier alpha value is -2.90. The number of hydrogen-bond donors (Lipinski definition) is 2. The van der Waals surface area contributed by atoms with E-state index < -0.39 is 0 Å². The molecule has 30 heavy (non-hydrogen) atoms. The van der Waals surface area contributed by atoms with Crippen molar-refractivity contribution < 1.29 is 9.90 Å². The highest BCUT2D eigenvalue weighted by molar-refractivity contribution is 8.00. The molecule has 1 amide bonds. The lowest BCUT2D eigenvalue weighted by molar-refractivity contribution is -0.113. The van der Waals surface area contributed by atoms with Crippen molar-refractivity contribution in [3.63, 3.8) is 0 Å². The standard InChI is InChI=1S/C23H21N3O2S2/c1-3-15-5-7-16(8-6-15)17-11-29-22-21(17)23(25-13-24-22)30-12-20(28)26-18-10-14(2)4-9-19(18)27/h4-11,13,27H,3,12H2,1-2H3,(H,26,28). The summed E-state index contributed by atoms with van der Waals surface area (Å²) in [6.07, 6.45) is 2.54. The second-order valence-corrected chi connectivity index (χ2v) is 8.74. The number of nitrogens with one attached hydrogen (secondary N) is 1. The first-order chi connectivity index (χ1) is 14.5. The van der Waals surface area contributed by atoms with E-state index in [0.717, 1.165) is 38.4 Å². The number of anilines is 1. The van der Waals surface area contributed by atoms with Crippen LogP contribution in [0.1, 0.15) is 18.1 Å². The van der Waals surface area contributed by atoms with Gasteiger partial charge in [-0.2, -0.15) is 0 Å². The Morgan fingerprint density at radius 3 is 2.73 bits per heavy atom. The summed E-state index contributed by atoms with van der Waals surface area (Å²) >= 11 is 2.95. The Morgan fingerprint density at radius 1 is 1.17 bits per heavy atom. The third-order valence-electron chi connectivity index (χ3n) is 4.77. The van der Waals surface area contributed by atoms with Gasteiger partial charge in [-0.1, -0.05) is 49.0 Å². The van der Waals surface area contributed by atoms with Gasteiger partial charge >= 0.3 is 0 Å². The first-order valence-electron chi connectivity index (χ1n) is 9.59. The number of thioether (sulfide) groups is 1. The lowest BCUT2D eigenvalue weighted by atomic mass is 10.0. The maximum atomic E-state index is 12.5. The quantitative estimate of drug-likeness (QED) is 0.232. The van der Waals surface area contributed by atoms with Gasteiger partial charge in [0, 0.05) is 10.9 Å². The lowest BCUT2D eigenvalue weighted by Gasteiger charge is -2.09. The molecule has 4 aromatic rings. The molecule has 0 saturated carbocycles. The van der Waals surface area contributed by atoms with Crippen molar-refractivity contribution in [2.45, 2.75) is 25.3 Å². The molecule has 0 aliphatic carbocycles. The van der Waals surface area contributed by atoms with Crippen molar-refractivity contribution in [2.75, 3.05) is 11.1 Å². The van der Waals surface area contributed by atoms with E-state index >= 15 is 0 Å². The molecule has 0 saturated heterocycles. The molecule has 0 bridgehead atoms. The number of carbonyl (C=O) groups excluding carboxylic acids is 1. The van der Waals surface area contributed by atoms with Crippen molar-refractivity contribution in [3.05, 3.63) is 65.3 Å². The van der Waals surface area contributed by atoms with E-state index in [1.54, 1.807) is 29.5 Å². The molecule has 4 rings (SSSR count). The molecule has 2 aromatic carbocycles. The summed E-state index contributed by atoms with van der Waals surface area (Å²) in [5, 5.41) is 16.6. The second-order valence-electron chi connectivity index (χ2n) is 6.92. The molecule has 0 aliphatic heterocycles. The maximum Gasteiger partial charge on any atom is 0.234 e. The van der Waals surface area contributed by atoms with Crippen LogP contribution in [0.3, 0.4) is 0 Å². The number of amides is 1. The summed E-state index contributed by atoms with van der Waals surface area (Å²) in [7, 11) is 0. The molecule has 2 aromatic heterocycles. The average molecular weight is 436 g/mol. The van der Waals surface area contributed by atoms with Gasteiger partial charge in [-0.25, -0.2) is 9.97 Å². The van der Waals surface area contributed by atoms with Gasteiger partial charge in [0.25, 0.3) is 0 Å². The number of phenols is 1. The number of rotatable bonds is 6. The zero-order valence-corrected chi connectivity index (χ0v) is 18.3. The zero-order valence-electron chi connectivity index (χ0n) is 16.7. The largest absolute Gasteiger partial charge is 0.506 e. The Kier molecular flexibility index (Phi) is 6.01. The number of fused-ring (bicyclic) bond motifs is 1. The molecular formula is C23H21N3O2S2. The van der Waals surface area contributed by atoms with E-state index in [2.05, 4.69) is 51.9 Å². The number of aromatic nitrogens is 2. The van der Waals surface area contributed by atoms with Crippen LogP contribution in [0.4, 0.5) is 5.69 Å². The van der Waals surface area contributed by atoms with Crippen LogP contribution in [-0.4, -0.2) is 26.7 Å². The Labute approximate surface area is 183 Å². The first-order valence-corrected chi connectivity index (χ1v) is 11.5. The summed E-state index contributed by atoms with van der Waals surface area (Å²) in [4.78, 5) is 22.2. The number of nitrogens with zero attached hydrogens (tertiary/aromatic N) is 2. The van der Waals surface area contributed by atoms with Gasteiger partial charge < -0.3 is 10.4 Å². The highest BCUT2D eigenvalue weighted by Crippen LogP contribution is 2.38. The van der Waals surface area contributed by atoms with Crippen LogP contribution in [0, 0.1) is 6.92 Å². The SMILES string of the molecule is CCc1ccc(-c2csc3ncnc(SCC(=O)Nc4cc(C)ccc4O)c23)cc1. The molecule has 2 heterocycles. The summed E-state index contributed by atoms with van der Waals surface area (Å²) in [5.41, 5.74) is 4.87. The highest BCUT2D eigenvalue weighted by Gasteiger charge is 2.15. The number of phenolic OH excluding ortho intramolecular Hbond substituents is 1. The second kappa shape index (κ2) is 8.85. The number of thiophene rings is 1. The molecule has 152 valence electrons. The van der Waals surface area contributed by atoms with Crippen molar-refractivity contribution in [1.29, 1.82) is 0 Å². The summed E-state index contributed by atoms with van der Waals surface area (Å²) in [6.45, 7) is 4.05. The van der Waals surface area contributed by atoms with E-state index in [-0.39, 0.29) is 17.4 Å². The topological polar surface area (TPSA) is 75.1 Å². The number of benzene rings is 2. The Balaban J connectivity index is 1.56. The molecule has 0 unspecified atom stereocenters. The van der Waals surface area contributed by atoms with Crippen LogP contribution < -0.4 is 5.32 Å². The van der Waals surface area contributed by atoms with Gasteiger partial charge in [0.1, 0.15) is 21.9 Å². The number of hydrogen-bond acceptors (Lipinski definition) is 6. The number of aryl methyl sites for hydroxylation is 2. The smallest absolute Gasteiger partial charge is 0.234 e. The van der Waals surface area contributed by atoms with Gasteiger partial charge in [0.2, 0.25) is 5.91 Å². The monoisotopic (exact) mass is 435 g/mol. The normalized spacial score (nSPS) is 11.0. The van der Waals surface area contributed by atoms with Crippen LogP contribution in [0.2, 0.25) is 0 Å². The minimum Gasteiger partial charge on any atom is -0.506 e. The van der Waals surface area contributed by atoms with E-state index in [4.69, 9.17) is 0 Å². The van der Waals surface area contributed by atoms with E-state index in [0.29, 0.717) is 5.69 Å². The summed E-state index contributed by atoms with van der Waals surface area (Å²) in [6, 6.07) is 13.6. The van der Waals surface area contributed by atoms with Crippen molar-refractivity contribution in [2.24, 2.45) is 0 Å². The third-order valence-corrected chi connectivity index (χ3v) is 6.65. The predicted molar refractivity (Wildman–Crippen MR) is 124 cm³/mol. The van der Waals surface area contributed by atoms with E-state index in [9.17, 15) is 9.90 Å². The number of aromatic hydroxyl groups is 1. The van der Waals surface area contributed by atoms with Crippen molar-refractivity contribution >= 4 is 44.9 Å². The molecular weight excluding hydrogens is 414 g/mol. The predicted octanol–water partition coefficient (Wildman–Crippen LogP) is 5.67. The molecule has 0 aliphatic rings. The third kappa shape index (κ3) is 4.32. The maximum absolute atomic E-state index is 12.5. The highest BCUT2D eigenvalue weighted by atomic mass is 32.2. The van der Waals surface area contributed by atoms with Crippen LogP contribution >= 0.6 is 23.1 Å². The van der Waals surface area contributed by atoms with Gasteiger partial charge in [-0.3, -0.25) is 4.79 Å². The average Bonchev–Trinajstić information content (AvgIpc) is 3.20. The van der Waals surface area contributed by atoms with Crippen LogP contribution in [-0.2, 0) is 11.2 Å². The van der Waals surface area contributed by atoms with Gasteiger partial charge in [-0.05, 0) is 42.2 Å².